The number of carboxylic acid groups (broad SMARTS) is 1. The number of nitrogens with one attached hydrogen (secondary N) is 1. The molecule has 0 aliphatic heterocycles. The number of amides is 1. The van der Waals surface area contributed by atoms with Crippen LogP contribution in [0.15, 0.2) is 22.7 Å². The van der Waals surface area contributed by atoms with Crippen molar-refractivity contribution in [3.05, 3.63) is 28.2 Å². The molecule has 0 aromatic heterocycles. The minimum Gasteiger partial charge on any atom is -0.478 e. The number of ether oxygens (including phenoxy) is 1. The van der Waals surface area contributed by atoms with Gasteiger partial charge in [0, 0.05) is 4.47 Å². The third-order valence-corrected chi connectivity index (χ3v) is 2.81. The lowest BCUT2D eigenvalue weighted by molar-refractivity contribution is -0.125. The second kappa shape index (κ2) is 6.16. The monoisotopic (exact) mass is 329 g/mol. The van der Waals surface area contributed by atoms with E-state index in [2.05, 4.69) is 21.2 Å². The van der Waals surface area contributed by atoms with E-state index >= 15 is 0 Å². The molecular weight excluding hydrogens is 314 g/mol. The zero-order valence-electron chi connectivity index (χ0n) is 11.0. The van der Waals surface area contributed by atoms with Crippen molar-refractivity contribution >= 4 is 33.5 Å². The fourth-order valence-electron chi connectivity index (χ4n) is 1.29. The van der Waals surface area contributed by atoms with E-state index in [0.717, 1.165) is 0 Å². The van der Waals surface area contributed by atoms with Gasteiger partial charge in [-0.2, -0.15) is 0 Å². The number of carbonyl (C=O) groups excluding carboxylic acids is 1. The molecule has 2 N–H and O–H groups in total. The Balaban J connectivity index is 2.82. The highest BCUT2D eigenvalue weighted by atomic mass is 79.9. The highest BCUT2D eigenvalue weighted by molar-refractivity contribution is 9.10. The summed E-state index contributed by atoms with van der Waals surface area (Å²) in [5.74, 6) is -1.50. The lowest BCUT2D eigenvalue weighted by Crippen LogP contribution is -2.27. The number of aromatic carboxylic acids is 1. The molecule has 104 valence electrons. The van der Waals surface area contributed by atoms with E-state index in [4.69, 9.17) is 9.84 Å². The summed E-state index contributed by atoms with van der Waals surface area (Å²) in [6, 6.07) is 4.68. The molecule has 6 heteroatoms. The lowest BCUT2D eigenvalue weighted by atomic mass is 10.2. The molecule has 0 spiro atoms. The number of carboxylic acids is 1. The molecule has 0 aliphatic carbocycles. The Labute approximate surface area is 120 Å². The van der Waals surface area contributed by atoms with Gasteiger partial charge in [0.05, 0.1) is 16.9 Å². The number of benzene rings is 1. The average molecular weight is 330 g/mol. The molecular formula is C13H16BrNO4. The maximum absolute atomic E-state index is 11.7. The Morgan fingerprint density at radius 3 is 2.53 bits per heavy atom. The Morgan fingerprint density at radius 2 is 2.00 bits per heavy atom. The Kier molecular flexibility index (Phi) is 5.08. The van der Waals surface area contributed by atoms with Crippen molar-refractivity contribution in [1.82, 2.24) is 0 Å². The van der Waals surface area contributed by atoms with Crippen LogP contribution in [0.25, 0.3) is 0 Å². The Hall–Kier alpha value is -1.40. The van der Waals surface area contributed by atoms with Crippen LogP contribution in [-0.2, 0) is 9.53 Å². The Morgan fingerprint density at radius 1 is 1.37 bits per heavy atom. The molecule has 0 radical (unpaired) electrons. The van der Waals surface area contributed by atoms with Crippen LogP contribution in [0.3, 0.4) is 0 Å². The zero-order chi connectivity index (χ0) is 14.6. The number of carbonyl (C=O) groups is 2. The molecule has 0 saturated carbocycles. The second-order valence-corrected chi connectivity index (χ2v) is 5.77. The van der Waals surface area contributed by atoms with Gasteiger partial charge in [0.15, 0.2) is 0 Å². The van der Waals surface area contributed by atoms with Gasteiger partial charge >= 0.3 is 5.97 Å². The largest absolute Gasteiger partial charge is 0.478 e. The summed E-state index contributed by atoms with van der Waals surface area (Å²) in [5.41, 5.74) is -0.169. The Bertz CT molecular complexity index is 494. The maximum atomic E-state index is 11.7. The number of rotatable bonds is 4. The van der Waals surface area contributed by atoms with Crippen molar-refractivity contribution in [1.29, 1.82) is 0 Å². The first kappa shape index (κ1) is 15.7. The normalized spacial score (nSPS) is 11.2. The molecule has 0 unspecified atom stereocenters. The summed E-state index contributed by atoms with van der Waals surface area (Å²) >= 11 is 3.22. The molecule has 19 heavy (non-hydrogen) atoms. The molecule has 1 aromatic rings. The number of halogens is 1. The van der Waals surface area contributed by atoms with Gasteiger partial charge in [-0.3, -0.25) is 4.79 Å². The van der Waals surface area contributed by atoms with E-state index in [-0.39, 0.29) is 17.9 Å². The van der Waals surface area contributed by atoms with Crippen LogP contribution in [0.2, 0.25) is 0 Å². The van der Waals surface area contributed by atoms with E-state index in [1.807, 2.05) is 20.8 Å². The molecule has 1 aromatic carbocycles. The first-order valence-corrected chi connectivity index (χ1v) is 6.45. The van der Waals surface area contributed by atoms with E-state index in [1.165, 1.54) is 6.07 Å². The van der Waals surface area contributed by atoms with Gasteiger partial charge in [0.2, 0.25) is 5.91 Å². The molecule has 1 amide bonds. The van der Waals surface area contributed by atoms with Crippen LogP contribution in [-0.4, -0.2) is 29.2 Å². The summed E-state index contributed by atoms with van der Waals surface area (Å²) in [7, 11) is 0. The topological polar surface area (TPSA) is 75.6 Å². The molecule has 0 aliphatic rings. The minimum atomic E-state index is -1.10. The predicted molar refractivity (Wildman–Crippen MR) is 75.4 cm³/mol. The van der Waals surface area contributed by atoms with Gasteiger partial charge in [-0.15, -0.1) is 0 Å². The molecule has 0 saturated heterocycles. The highest BCUT2D eigenvalue weighted by Crippen LogP contribution is 2.26. The third kappa shape index (κ3) is 5.00. The van der Waals surface area contributed by atoms with E-state index in [0.29, 0.717) is 4.47 Å². The lowest BCUT2D eigenvalue weighted by Gasteiger charge is -2.19. The predicted octanol–water partition coefficient (Wildman–Crippen LogP) is 2.90. The van der Waals surface area contributed by atoms with E-state index in [9.17, 15) is 9.59 Å². The summed E-state index contributed by atoms with van der Waals surface area (Å²) in [6.45, 7) is 5.37. The molecule has 0 atom stereocenters. The van der Waals surface area contributed by atoms with Crippen molar-refractivity contribution in [2.75, 3.05) is 11.9 Å². The van der Waals surface area contributed by atoms with Crippen LogP contribution < -0.4 is 5.32 Å². The van der Waals surface area contributed by atoms with Gasteiger partial charge in [-0.25, -0.2) is 4.79 Å². The van der Waals surface area contributed by atoms with E-state index < -0.39 is 17.5 Å². The quantitative estimate of drug-likeness (QED) is 0.890. The van der Waals surface area contributed by atoms with E-state index in [1.54, 1.807) is 12.1 Å². The number of hydrogen-bond donors (Lipinski definition) is 2. The smallest absolute Gasteiger partial charge is 0.337 e. The maximum Gasteiger partial charge on any atom is 0.337 e. The number of hydrogen-bond acceptors (Lipinski definition) is 3. The van der Waals surface area contributed by atoms with Crippen molar-refractivity contribution in [2.45, 2.75) is 26.4 Å². The fraction of sp³-hybridized carbons (Fsp3) is 0.385. The first-order chi connectivity index (χ1) is 8.70. The van der Waals surface area contributed by atoms with Crippen molar-refractivity contribution < 1.29 is 19.4 Å². The van der Waals surface area contributed by atoms with Crippen molar-refractivity contribution in [3.63, 3.8) is 0 Å². The SMILES string of the molecule is CC(C)(C)OCC(=O)Nc1c(Br)cccc1C(=O)O. The zero-order valence-corrected chi connectivity index (χ0v) is 12.6. The van der Waals surface area contributed by atoms with Crippen molar-refractivity contribution in [3.8, 4) is 0 Å². The number of para-hydroxylation sites is 1. The third-order valence-electron chi connectivity index (χ3n) is 2.14. The second-order valence-electron chi connectivity index (χ2n) is 4.92. The minimum absolute atomic E-state index is 0.0264. The summed E-state index contributed by atoms with van der Waals surface area (Å²) in [4.78, 5) is 22.8. The van der Waals surface area contributed by atoms with Crippen LogP contribution in [0, 0.1) is 0 Å². The van der Waals surface area contributed by atoms with Crippen molar-refractivity contribution in [2.24, 2.45) is 0 Å². The molecule has 0 bridgehead atoms. The molecule has 0 heterocycles. The van der Waals surface area contributed by atoms with Gasteiger partial charge in [0.25, 0.3) is 0 Å². The molecule has 5 nitrogen and oxygen atoms in total. The summed E-state index contributed by atoms with van der Waals surface area (Å²) in [6.07, 6.45) is 0. The van der Waals surface area contributed by atoms with Crippen LogP contribution in [0.1, 0.15) is 31.1 Å². The van der Waals surface area contributed by atoms with Crippen LogP contribution >= 0.6 is 15.9 Å². The van der Waals surface area contributed by atoms with Gasteiger partial charge in [-0.1, -0.05) is 6.07 Å². The van der Waals surface area contributed by atoms with Crippen LogP contribution in [0.4, 0.5) is 5.69 Å². The molecule has 1 rings (SSSR count). The van der Waals surface area contributed by atoms with Gasteiger partial charge < -0.3 is 15.2 Å². The van der Waals surface area contributed by atoms with Gasteiger partial charge in [0.1, 0.15) is 6.61 Å². The van der Waals surface area contributed by atoms with Crippen LogP contribution in [0.5, 0.6) is 0 Å². The highest BCUT2D eigenvalue weighted by Gasteiger charge is 2.17. The summed E-state index contributed by atoms with van der Waals surface area (Å²) in [5, 5.41) is 11.6. The average Bonchev–Trinajstić information content (AvgIpc) is 2.28. The first-order valence-electron chi connectivity index (χ1n) is 5.66. The standard InChI is InChI=1S/C13H16BrNO4/c1-13(2,3)19-7-10(16)15-11-8(12(17)18)5-4-6-9(11)14/h4-6H,7H2,1-3H3,(H,15,16)(H,17,18). The fourth-order valence-corrected chi connectivity index (χ4v) is 1.75. The molecule has 0 fully saturated rings. The summed E-state index contributed by atoms with van der Waals surface area (Å²) < 4.78 is 5.84. The number of anilines is 1. The van der Waals surface area contributed by atoms with Gasteiger partial charge in [-0.05, 0) is 48.8 Å².